The highest BCUT2D eigenvalue weighted by molar-refractivity contribution is 9.10. The second kappa shape index (κ2) is 8.07. The van der Waals surface area contributed by atoms with Crippen LogP contribution in [0, 0.1) is 5.82 Å². The van der Waals surface area contributed by atoms with Gasteiger partial charge in [0.15, 0.2) is 5.11 Å². The Kier molecular flexibility index (Phi) is 6.10. The fraction of sp³-hybridized carbons (Fsp3) is 0.125. The van der Waals surface area contributed by atoms with E-state index < -0.39 is 11.7 Å². The minimum atomic E-state index is -0.528. The number of nitrogens with one attached hydrogen (secondary N) is 2. The third-order valence-electron chi connectivity index (χ3n) is 3.06. The molecular formula is C16H14BrFN2O3S. The van der Waals surface area contributed by atoms with Crippen molar-refractivity contribution in [1.82, 2.24) is 5.32 Å². The van der Waals surface area contributed by atoms with Gasteiger partial charge >= 0.3 is 0 Å². The van der Waals surface area contributed by atoms with Crippen molar-refractivity contribution in [3.05, 3.63) is 52.3 Å². The molecule has 0 aliphatic carbocycles. The summed E-state index contributed by atoms with van der Waals surface area (Å²) in [6.07, 6.45) is 0. The summed E-state index contributed by atoms with van der Waals surface area (Å²) in [6.45, 7) is 0. The first kappa shape index (κ1) is 18.2. The summed E-state index contributed by atoms with van der Waals surface area (Å²) in [5.41, 5.74) is 0.346. The van der Waals surface area contributed by atoms with Crippen LogP contribution in [0.1, 0.15) is 10.4 Å². The van der Waals surface area contributed by atoms with Crippen LogP contribution in [0.5, 0.6) is 11.5 Å². The van der Waals surface area contributed by atoms with Crippen LogP contribution in [0.4, 0.5) is 10.1 Å². The highest BCUT2D eigenvalue weighted by atomic mass is 79.9. The van der Waals surface area contributed by atoms with Gasteiger partial charge in [-0.05, 0) is 42.5 Å². The third kappa shape index (κ3) is 4.21. The Morgan fingerprint density at radius 2 is 1.79 bits per heavy atom. The number of thiocarbonyl (C=S) groups is 1. The van der Waals surface area contributed by atoms with Crippen molar-refractivity contribution in [2.24, 2.45) is 0 Å². The number of amides is 1. The highest BCUT2D eigenvalue weighted by Crippen LogP contribution is 2.28. The van der Waals surface area contributed by atoms with Crippen molar-refractivity contribution >= 4 is 44.9 Å². The van der Waals surface area contributed by atoms with Crippen molar-refractivity contribution in [3.8, 4) is 11.5 Å². The van der Waals surface area contributed by atoms with Crippen LogP contribution in [-0.4, -0.2) is 25.2 Å². The van der Waals surface area contributed by atoms with Gasteiger partial charge < -0.3 is 14.8 Å². The zero-order valence-corrected chi connectivity index (χ0v) is 15.3. The van der Waals surface area contributed by atoms with Crippen molar-refractivity contribution < 1.29 is 18.7 Å². The molecule has 0 fully saturated rings. The van der Waals surface area contributed by atoms with Crippen LogP contribution in [0.15, 0.2) is 40.9 Å². The van der Waals surface area contributed by atoms with E-state index in [1.54, 1.807) is 24.3 Å². The van der Waals surface area contributed by atoms with Gasteiger partial charge in [0.1, 0.15) is 22.9 Å². The maximum atomic E-state index is 13.8. The van der Waals surface area contributed by atoms with E-state index in [0.29, 0.717) is 16.0 Å². The van der Waals surface area contributed by atoms with Crippen LogP contribution in [0.3, 0.4) is 0 Å². The largest absolute Gasteiger partial charge is 0.496 e. The Morgan fingerprint density at radius 3 is 2.33 bits per heavy atom. The van der Waals surface area contributed by atoms with E-state index in [-0.39, 0.29) is 16.4 Å². The van der Waals surface area contributed by atoms with E-state index in [9.17, 15) is 9.18 Å². The van der Waals surface area contributed by atoms with Gasteiger partial charge in [-0.2, -0.15) is 0 Å². The molecule has 2 rings (SSSR count). The maximum absolute atomic E-state index is 13.8. The van der Waals surface area contributed by atoms with Crippen molar-refractivity contribution in [2.45, 2.75) is 0 Å². The zero-order chi connectivity index (χ0) is 17.7. The Bertz CT molecular complexity index is 764. The number of hydrogen-bond donors (Lipinski definition) is 2. The van der Waals surface area contributed by atoms with Gasteiger partial charge in [0.05, 0.1) is 19.9 Å². The third-order valence-corrected chi connectivity index (χ3v) is 3.76. The van der Waals surface area contributed by atoms with Crippen molar-refractivity contribution in [3.63, 3.8) is 0 Å². The molecule has 0 aliphatic rings. The molecule has 0 saturated carbocycles. The molecule has 0 aromatic heterocycles. The van der Waals surface area contributed by atoms with E-state index in [1.165, 1.54) is 26.4 Å². The van der Waals surface area contributed by atoms with Gasteiger partial charge in [0.2, 0.25) is 0 Å². The Labute approximate surface area is 152 Å². The average molecular weight is 413 g/mol. The van der Waals surface area contributed by atoms with E-state index in [1.807, 2.05) is 0 Å². The van der Waals surface area contributed by atoms with Gasteiger partial charge in [-0.15, -0.1) is 0 Å². The first-order chi connectivity index (χ1) is 11.5. The molecular weight excluding hydrogens is 399 g/mol. The number of anilines is 1. The molecule has 0 unspecified atom stereocenters. The molecule has 2 aromatic carbocycles. The summed E-state index contributed by atoms with van der Waals surface area (Å²) in [5.74, 6) is -0.357. The van der Waals surface area contributed by atoms with Crippen LogP contribution >= 0.6 is 28.1 Å². The van der Waals surface area contributed by atoms with Gasteiger partial charge in [-0.1, -0.05) is 22.0 Å². The van der Waals surface area contributed by atoms with Crippen LogP contribution in [0.25, 0.3) is 0 Å². The fourth-order valence-electron chi connectivity index (χ4n) is 1.99. The molecule has 2 aromatic rings. The molecule has 0 atom stereocenters. The first-order valence-electron chi connectivity index (χ1n) is 6.74. The predicted octanol–water partition coefficient (Wildman–Crippen LogP) is 3.73. The number of ether oxygens (including phenoxy) is 2. The Hall–Kier alpha value is -2.19. The summed E-state index contributed by atoms with van der Waals surface area (Å²) >= 11 is 8.23. The Morgan fingerprint density at radius 1 is 1.17 bits per heavy atom. The molecule has 8 heteroatoms. The van der Waals surface area contributed by atoms with Crippen LogP contribution in [0.2, 0.25) is 0 Å². The summed E-state index contributed by atoms with van der Waals surface area (Å²) in [7, 11) is 2.89. The van der Waals surface area contributed by atoms with Gasteiger partial charge in [0.25, 0.3) is 5.91 Å². The number of methoxy groups -OCH3 is 2. The predicted molar refractivity (Wildman–Crippen MR) is 97.3 cm³/mol. The standard InChI is InChI=1S/C16H14BrFN2O3S/c1-22-12-4-3-5-13(23-2)14(12)15(21)20-16(24)19-11-7-6-9(17)8-10(11)18/h3-8H,1-2H3,(H2,19,20,21,24). The number of rotatable bonds is 4. The minimum absolute atomic E-state index is 0.0471. The lowest BCUT2D eigenvalue weighted by Crippen LogP contribution is -2.34. The molecule has 0 bridgehead atoms. The Balaban J connectivity index is 2.16. The summed E-state index contributed by atoms with van der Waals surface area (Å²) < 4.78 is 24.7. The first-order valence-corrected chi connectivity index (χ1v) is 7.94. The highest BCUT2D eigenvalue weighted by Gasteiger charge is 2.19. The molecule has 2 N–H and O–H groups in total. The molecule has 0 saturated heterocycles. The second-order valence-corrected chi connectivity index (χ2v) is 5.89. The molecule has 0 spiro atoms. The number of hydrogen-bond acceptors (Lipinski definition) is 4. The lowest BCUT2D eigenvalue weighted by atomic mass is 10.1. The van der Waals surface area contributed by atoms with Crippen molar-refractivity contribution in [2.75, 3.05) is 19.5 Å². The average Bonchev–Trinajstić information content (AvgIpc) is 2.56. The van der Waals surface area contributed by atoms with Gasteiger partial charge in [0, 0.05) is 4.47 Å². The molecule has 0 heterocycles. The molecule has 1 amide bonds. The monoisotopic (exact) mass is 412 g/mol. The fourth-order valence-corrected chi connectivity index (χ4v) is 2.52. The minimum Gasteiger partial charge on any atom is -0.496 e. The van der Waals surface area contributed by atoms with Gasteiger partial charge in [-0.25, -0.2) is 4.39 Å². The van der Waals surface area contributed by atoms with Gasteiger partial charge in [-0.3, -0.25) is 10.1 Å². The maximum Gasteiger partial charge on any atom is 0.264 e. The van der Waals surface area contributed by atoms with Crippen LogP contribution in [-0.2, 0) is 0 Å². The topological polar surface area (TPSA) is 59.6 Å². The summed E-state index contributed by atoms with van der Waals surface area (Å²) in [6, 6.07) is 9.39. The molecule has 24 heavy (non-hydrogen) atoms. The van der Waals surface area contributed by atoms with Crippen LogP contribution < -0.4 is 20.1 Å². The summed E-state index contributed by atoms with van der Waals surface area (Å²) in [4.78, 5) is 12.4. The molecule has 126 valence electrons. The van der Waals surface area contributed by atoms with E-state index >= 15 is 0 Å². The lowest BCUT2D eigenvalue weighted by molar-refractivity contribution is 0.0971. The number of carbonyl (C=O) groups is 1. The number of carbonyl (C=O) groups excluding carboxylic acids is 1. The number of benzene rings is 2. The van der Waals surface area contributed by atoms with E-state index in [0.717, 1.165) is 0 Å². The number of halogens is 2. The normalized spacial score (nSPS) is 10.0. The zero-order valence-electron chi connectivity index (χ0n) is 12.9. The van der Waals surface area contributed by atoms with Crippen molar-refractivity contribution in [1.29, 1.82) is 0 Å². The quantitative estimate of drug-likeness (QED) is 0.749. The molecule has 0 aliphatic heterocycles. The second-order valence-electron chi connectivity index (χ2n) is 4.57. The SMILES string of the molecule is COc1cccc(OC)c1C(=O)NC(=S)Nc1ccc(Br)cc1F. The summed E-state index contributed by atoms with van der Waals surface area (Å²) in [5, 5.41) is 5.07. The smallest absolute Gasteiger partial charge is 0.264 e. The van der Waals surface area contributed by atoms with E-state index in [2.05, 4.69) is 26.6 Å². The molecule has 0 radical (unpaired) electrons. The molecule has 5 nitrogen and oxygen atoms in total. The lowest BCUT2D eigenvalue weighted by Gasteiger charge is -2.14. The van der Waals surface area contributed by atoms with E-state index in [4.69, 9.17) is 21.7 Å².